The molecule has 0 spiro atoms. The smallest absolute Gasteiger partial charge is 0.254 e. The van der Waals surface area contributed by atoms with Gasteiger partial charge in [-0.3, -0.25) is 4.79 Å². The number of carbonyl (C=O) groups is 1. The highest BCUT2D eigenvalue weighted by atomic mass is 35.5. The van der Waals surface area contributed by atoms with Crippen LogP contribution >= 0.6 is 11.6 Å². The van der Waals surface area contributed by atoms with Crippen LogP contribution in [-0.2, 0) is 0 Å². The van der Waals surface area contributed by atoms with Gasteiger partial charge in [0.15, 0.2) is 0 Å². The first kappa shape index (κ1) is 16.7. The normalized spacial score (nSPS) is 17.0. The number of carbonyl (C=O) groups excluding carboxylic acids is 1. The van der Waals surface area contributed by atoms with Crippen LogP contribution < -0.4 is 9.47 Å². The Bertz CT molecular complexity index is 730. The van der Waals surface area contributed by atoms with Crippen molar-refractivity contribution in [1.29, 1.82) is 0 Å². The second-order valence-electron chi connectivity index (χ2n) is 5.77. The maximum absolute atomic E-state index is 12.9. The maximum atomic E-state index is 12.9. The van der Waals surface area contributed by atoms with E-state index in [1.807, 2.05) is 23.1 Å². The van der Waals surface area contributed by atoms with Gasteiger partial charge in [-0.1, -0.05) is 11.6 Å². The molecule has 24 heavy (non-hydrogen) atoms. The standard InChI is InChI=1S/C19H20ClNO3/c1-23-15-9-10-18(24-2)16(12-15)17-4-3-11-21(17)19(22)13-5-7-14(20)8-6-13/h5-10,12,17H,3-4,11H2,1-2H3. The first-order valence-electron chi connectivity index (χ1n) is 7.92. The molecule has 2 aromatic rings. The van der Waals surface area contributed by atoms with E-state index < -0.39 is 0 Å². The second-order valence-corrected chi connectivity index (χ2v) is 6.21. The minimum atomic E-state index is -0.0155. The van der Waals surface area contributed by atoms with Crippen LogP contribution in [0.1, 0.15) is 34.8 Å². The van der Waals surface area contributed by atoms with Crippen LogP contribution in [0.15, 0.2) is 42.5 Å². The van der Waals surface area contributed by atoms with E-state index in [2.05, 4.69) is 0 Å². The molecule has 1 atom stereocenters. The molecule has 5 heteroatoms. The highest BCUT2D eigenvalue weighted by Crippen LogP contribution is 2.39. The lowest BCUT2D eigenvalue weighted by atomic mass is 10.0. The summed E-state index contributed by atoms with van der Waals surface area (Å²) < 4.78 is 10.8. The third kappa shape index (κ3) is 3.20. The van der Waals surface area contributed by atoms with Gasteiger partial charge in [0, 0.05) is 22.7 Å². The average Bonchev–Trinajstić information content (AvgIpc) is 3.10. The number of rotatable bonds is 4. The molecular weight excluding hydrogens is 326 g/mol. The van der Waals surface area contributed by atoms with Crippen LogP contribution in [0.25, 0.3) is 0 Å². The quantitative estimate of drug-likeness (QED) is 0.827. The predicted octanol–water partition coefficient (Wildman–Crippen LogP) is 4.33. The molecule has 1 aliphatic rings. The zero-order valence-electron chi connectivity index (χ0n) is 13.8. The van der Waals surface area contributed by atoms with Crippen molar-refractivity contribution in [1.82, 2.24) is 4.90 Å². The molecule has 0 bridgehead atoms. The Morgan fingerprint density at radius 2 is 1.88 bits per heavy atom. The summed E-state index contributed by atoms with van der Waals surface area (Å²) in [5.74, 6) is 1.55. The van der Waals surface area contributed by atoms with Gasteiger partial charge < -0.3 is 14.4 Å². The highest BCUT2D eigenvalue weighted by Gasteiger charge is 2.32. The minimum absolute atomic E-state index is 0.0130. The molecule has 1 amide bonds. The van der Waals surface area contributed by atoms with E-state index in [1.54, 1.807) is 38.5 Å². The summed E-state index contributed by atoms with van der Waals surface area (Å²) >= 11 is 5.92. The molecule has 2 aromatic carbocycles. The van der Waals surface area contributed by atoms with Crippen molar-refractivity contribution < 1.29 is 14.3 Å². The molecule has 0 aliphatic carbocycles. The molecule has 1 heterocycles. The number of methoxy groups -OCH3 is 2. The summed E-state index contributed by atoms with van der Waals surface area (Å²) in [5.41, 5.74) is 1.63. The van der Waals surface area contributed by atoms with E-state index >= 15 is 0 Å². The molecule has 1 fully saturated rings. The molecule has 4 nitrogen and oxygen atoms in total. The molecule has 1 saturated heterocycles. The van der Waals surface area contributed by atoms with Gasteiger partial charge in [-0.05, 0) is 55.3 Å². The van der Waals surface area contributed by atoms with Crippen LogP contribution in [-0.4, -0.2) is 31.6 Å². The van der Waals surface area contributed by atoms with Gasteiger partial charge >= 0.3 is 0 Å². The van der Waals surface area contributed by atoms with Crippen LogP contribution in [0.2, 0.25) is 5.02 Å². The van der Waals surface area contributed by atoms with Crippen molar-refractivity contribution in [3.05, 3.63) is 58.6 Å². The lowest BCUT2D eigenvalue weighted by Gasteiger charge is -2.27. The summed E-state index contributed by atoms with van der Waals surface area (Å²) in [7, 11) is 3.28. The van der Waals surface area contributed by atoms with Gasteiger partial charge in [-0.25, -0.2) is 0 Å². The molecule has 126 valence electrons. The van der Waals surface area contributed by atoms with E-state index in [0.717, 1.165) is 36.4 Å². The van der Waals surface area contributed by atoms with Crippen LogP contribution in [0.3, 0.4) is 0 Å². The number of amides is 1. The third-order valence-electron chi connectivity index (χ3n) is 4.40. The number of likely N-dealkylation sites (tertiary alicyclic amines) is 1. The van der Waals surface area contributed by atoms with Gasteiger partial charge in [0.1, 0.15) is 11.5 Å². The third-order valence-corrected chi connectivity index (χ3v) is 4.65. The zero-order chi connectivity index (χ0) is 17.1. The SMILES string of the molecule is COc1ccc(OC)c(C2CCCN2C(=O)c2ccc(Cl)cc2)c1. The van der Waals surface area contributed by atoms with Gasteiger partial charge in [-0.15, -0.1) is 0 Å². The lowest BCUT2D eigenvalue weighted by molar-refractivity contribution is 0.0734. The Balaban J connectivity index is 1.93. The monoisotopic (exact) mass is 345 g/mol. The van der Waals surface area contributed by atoms with Gasteiger partial charge in [0.2, 0.25) is 0 Å². The fourth-order valence-electron chi connectivity index (χ4n) is 3.19. The molecular formula is C19H20ClNO3. The van der Waals surface area contributed by atoms with Crippen LogP contribution in [0, 0.1) is 0 Å². The van der Waals surface area contributed by atoms with E-state index in [9.17, 15) is 4.79 Å². The first-order valence-corrected chi connectivity index (χ1v) is 8.30. The molecule has 1 unspecified atom stereocenters. The average molecular weight is 346 g/mol. The number of halogens is 1. The van der Waals surface area contributed by atoms with Crippen molar-refractivity contribution in [2.75, 3.05) is 20.8 Å². The zero-order valence-corrected chi connectivity index (χ0v) is 14.5. The molecule has 3 rings (SSSR count). The van der Waals surface area contributed by atoms with Crippen molar-refractivity contribution in [3.8, 4) is 11.5 Å². The van der Waals surface area contributed by atoms with Crippen molar-refractivity contribution in [2.45, 2.75) is 18.9 Å². The van der Waals surface area contributed by atoms with Gasteiger partial charge in [-0.2, -0.15) is 0 Å². The van der Waals surface area contributed by atoms with Gasteiger partial charge in [0.05, 0.1) is 20.3 Å². The number of hydrogen-bond acceptors (Lipinski definition) is 3. The van der Waals surface area contributed by atoms with Crippen molar-refractivity contribution >= 4 is 17.5 Å². The summed E-state index contributed by atoms with van der Waals surface area (Å²) in [5, 5.41) is 0.624. The van der Waals surface area contributed by atoms with E-state index in [4.69, 9.17) is 21.1 Å². The number of nitrogens with zero attached hydrogens (tertiary/aromatic N) is 1. The second kappa shape index (κ2) is 7.14. The minimum Gasteiger partial charge on any atom is -0.497 e. The van der Waals surface area contributed by atoms with E-state index in [-0.39, 0.29) is 11.9 Å². The molecule has 1 aliphatic heterocycles. The lowest BCUT2D eigenvalue weighted by Crippen LogP contribution is -2.30. The fraction of sp³-hybridized carbons (Fsp3) is 0.316. The largest absolute Gasteiger partial charge is 0.497 e. The Kier molecular flexibility index (Phi) is 4.95. The Morgan fingerprint density at radius 1 is 1.12 bits per heavy atom. The highest BCUT2D eigenvalue weighted by molar-refractivity contribution is 6.30. The van der Waals surface area contributed by atoms with E-state index in [1.165, 1.54) is 0 Å². The summed E-state index contributed by atoms with van der Waals surface area (Å²) in [4.78, 5) is 14.8. The van der Waals surface area contributed by atoms with Gasteiger partial charge in [0.25, 0.3) is 5.91 Å². The molecule has 0 N–H and O–H groups in total. The van der Waals surface area contributed by atoms with Crippen LogP contribution in [0.5, 0.6) is 11.5 Å². The Labute approximate surface area is 146 Å². The number of ether oxygens (including phenoxy) is 2. The summed E-state index contributed by atoms with van der Waals surface area (Å²) in [6.45, 7) is 0.729. The van der Waals surface area contributed by atoms with Crippen LogP contribution in [0.4, 0.5) is 0 Å². The molecule has 0 saturated carbocycles. The first-order chi connectivity index (χ1) is 11.6. The number of benzene rings is 2. The Hall–Kier alpha value is -2.20. The van der Waals surface area contributed by atoms with E-state index in [0.29, 0.717) is 10.6 Å². The summed E-state index contributed by atoms with van der Waals surface area (Å²) in [6.07, 6.45) is 1.87. The molecule has 0 radical (unpaired) electrons. The number of hydrogen-bond donors (Lipinski definition) is 0. The maximum Gasteiger partial charge on any atom is 0.254 e. The topological polar surface area (TPSA) is 38.8 Å². The Morgan fingerprint density at radius 3 is 2.54 bits per heavy atom. The fourth-order valence-corrected chi connectivity index (χ4v) is 3.32. The van der Waals surface area contributed by atoms with Crippen molar-refractivity contribution in [2.24, 2.45) is 0 Å². The van der Waals surface area contributed by atoms with Crippen molar-refractivity contribution in [3.63, 3.8) is 0 Å². The molecule has 0 aromatic heterocycles. The predicted molar refractivity (Wildman–Crippen MR) is 94.0 cm³/mol. The summed E-state index contributed by atoms with van der Waals surface area (Å²) in [6, 6.07) is 12.7.